The first kappa shape index (κ1) is 19.8. The molecule has 0 N–H and O–H groups in total. The summed E-state index contributed by atoms with van der Waals surface area (Å²) in [5, 5.41) is 0. The van der Waals surface area contributed by atoms with Crippen molar-refractivity contribution in [1.29, 1.82) is 0 Å². The Morgan fingerprint density at radius 3 is 2.35 bits per heavy atom. The third kappa shape index (κ3) is 3.50. The molecule has 0 atom stereocenters. The number of hydrogen-bond acceptors (Lipinski definition) is 4. The van der Waals surface area contributed by atoms with Gasteiger partial charge in [-0.3, -0.25) is 9.78 Å². The number of pyridine rings is 1. The maximum Gasteiger partial charge on any atom is 0.233 e. The second kappa shape index (κ2) is 7.84. The van der Waals surface area contributed by atoms with Crippen molar-refractivity contribution in [2.75, 3.05) is 20.2 Å². The molecule has 6 heteroatoms. The number of rotatable bonds is 5. The Kier molecular flexibility index (Phi) is 5.00. The Balaban J connectivity index is 1.30. The first-order valence-electron chi connectivity index (χ1n) is 11.0. The molecule has 0 spiro atoms. The van der Waals surface area contributed by atoms with E-state index in [4.69, 9.17) is 4.74 Å². The minimum absolute atomic E-state index is 0.285. The summed E-state index contributed by atoms with van der Waals surface area (Å²) in [5.41, 5.74) is 3.03. The molecule has 1 amide bonds. The lowest BCUT2D eigenvalue weighted by atomic mass is 9.92. The van der Waals surface area contributed by atoms with E-state index < -0.39 is 0 Å². The van der Waals surface area contributed by atoms with E-state index in [2.05, 4.69) is 26.4 Å². The van der Waals surface area contributed by atoms with Crippen molar-refractivity contribution < 1.29 is 9.53 Å². The van der Waals surface area contributed by atoms with Crippen LogP contribution in [-0.2, 0) is 10.2 Å². The Labute approximate surface area is 182 Å². The summed E-state index contributed by atoms with van der Waals surface area (Å²) in [6.07, 6.45) is 9.31. The lowest BCUT2D eigenvalue weighted by molar-refractivity contribution is -0.135. The van der Waals surface area contributed by atoms with Crippen LogP contribution in [-0.4, -0.2) is 45.5 Å². The van der Waals surface area contributed by atoms with Gasteiger partial charge in [0.25, 0.3) is 0 Å². The first-order chi connectivity index (χ1) is 15.1. The molecule has 6 nitrogen and oxygen atoms in total. The van der Waals surface area contributed by atoms with Crippen LogP contribution in [0.15, 0.2) is 55.0 Å². The average Bonchev–Trinajstić information content (AvgIpc) is 3.55. The summed E-state index contributed by atoms with van der Waals surface area (Å²) in [7, 11) is 1.67. The number of methoxy groups -OCH3 is 1. The van der Waals surface area contributed by atoms with Gasteiger partial charge in [0.1, 0.15) is 11.6 Å². The van der Waals surface area contributed by atoms with E-state index >= 15 is 0 Å². The number of aryl methyl sites for hydroxylation is 1. The minimum atomic E-state index is -0.327. The molecule has 1 aliphatic carbocycles. The second-order valence-corrected chi connectivity index (χ2v) is 8.66. The Bertz CT molecular complexity index is 1060. The normalized spacial score (nSPS) is 18.1. The van der Waals surface area contributed by atoms with Crippen molar-refractivity contribution >= 4 is 5.91 Å². The third-order valence-corrected chi connectivity index (χ3v) is 6.84. The molecule has 0 unspecified atom stereocenters. The van der Waals surface area contributed by atoms with Crippen molar-refractivity contribution in [3.63, 3.8) is 0 Å². The number of benzene rings is 1. The average molecular weight is 417 g/mol. The maximum atomic E-state index is 13.5. The molecule has 3 heterocycles. The molecule has 1 saturated carbocycles. The summed E-state index contributed by atoms with van der Waals surface area (Å²) in [6, 6.07) is 12.4. The summed E-state index contributed by atoms with van der Waals surface area (Å²) in [5.74, 6) is 2.10. The van der Waals surface area contributed by atoms with Crippen LogP contribution < -0.4 is 4.74 Å². The second-order valence-electron chi connectivity index (χ2n) is 8.66. The van der Waals surface area contributed by atoms with E-state index in [9.17, 15) is 4.79 Å². The van der Waals surface area contributed by atoms with Crippen LogP contribution >= 0.6 is 0 Å². The fraction of sp³-hybridized carbons (Fsp3) is 0.400. The highest BCUT2D eigenvalue weighted by atomic mass is 16.5. The molecule has 1 aliphatic heterocycles. The van der Waals surface area contributed by atoms with E-state index in [0.29, 0.717) is 6.04 Å². The fourth-order valence-corrected chi connectivity index (χ4v) is 4.91. The first-order valence-corrected chi connectivity index (χ1v) is 11.0. The zero-order valence-corrected chi connectivity index (χ0v) is 18.1. The summed E-state index contributed by atoms with van der Waals surface area (Å²) >= 11 is 0. The van der Waals surface area contributed by atoms with Crippen LogP contribution in [0, 0.1) is 6.92 Å². The molecule has 2 fully saturated rings. The molecule has 0 bridgehead atoms. The van der Waals surface area contributed by atoms with Crippen LogP contribution in [0.4, 0.5) is 0 Å². The summed E-state index contributed by atoms with van der Waals surface area (Å²) < 4.78 is 7.61. The van der Waals surface area contributed by atoms with Crippen molar-refractivity contribution in [1.82, 2.24) is 19.4 Å². The van der Waals surface area contributed by atoms with Gasteiger partial charge < -0.3 is 14.2 Å². The standard InChI is InChI=1S/C25H28N4O2/c1-18-17-27-23(19-7-13-26-14-8-19)29(18)21-9-15-28(16-10-21)24(30)25(11-12-25)20-3-5-22(31-2)6-4-20/h3-8,13-14,17,21H,9-12,15-16H2,1-2H3. The van der Waals surface area contributed by atoms with Gasteiger partial charge in [0.2, 0.25) is 5.91 Å². The number of nitrogens with zero attached hydrogens (tertiary/aromatic N) is 4. The van der Waals surface area contributed by atoms with Crippen molar-refractivity contribution in [2.45, 2.75) is 44.1 Å². The van der Waals surface area contributed by atoms with Crippen LogP contribution in [0.25, 0.3) is 11.4 Å². The Hall–Kier alpha value is -3.15. The number of carbonyl (C=O) groups excluding carboxylic acids is 1. The van der Waals surface area contributed by atoms with Gasteiger partial charge in [0.15, 0.2) is 0 Å². The lowest BCUT2D eigenvalue weighted by Gasteiger charge is -2.36. The topological polar surface area (TPSA) is 60.2 Å². The summed E-state index contributed by atoms with van der Waals surface area (Å²) in [4.78, 5) is 24.3. The highest BCUT2D eigenvalue weighted by molar-refractivity contribution is 5.91. The predicted molar refractivity (Wildman–Crippen MR) is 119 cm³/mol. The molecule has 1 saturated heterocycles. The smallest absolute Gasteiger partial charge is 0.233 e. The van der Waals surface area contributed by atoms with Gasteiger partial charge in [-0.15, -0.1) is 0 Å². The fourth-order valence-electron chi connectivity index (χ4n) is 4.91. The lowest BCUT2D eigenvalue weighted by Crippen LogP contribution is -2.44. The van der Waals surface area contributed by atoms with Crippen molar-refractivity contribution in [3.8, 4) is 17.1 Å². The molecule has 2 aromatic heterocycles. The third-order valence-electron chi connectivity index (χ3n) is 6.84. The number of likely N-dealkylation sites (tertiary alicyclic amines) is 1. The van der Waals surface area contributed by atoms with Crippen LogP contribution in [0.1, 0.15) is 43.0 Å². The predicted octanol–water partition coefficient (Wildman–Crippen LogP) is 4.16. The Morgan fingerprint density at radius 1 is 1.06 bits per heavy atom. The van der Waals surface area contributed by atoms with Crippen molar-refractivity contribution in [2.24, 2.45) is 0 Å². The summed E-state index contributed by atoms with van der Waals surface area (Å²) in [6.45, 7) is 3.68. The highest BCUT2D eigenvalue weighted by Gasteiger charge is 2.53. The van der Waals surface area contributed by atoms with E-state index in [1.165, 1.54) is 0 Å². The number of ether oxygens (including phenoxy) is 1. The van der Waals surface area contributed by atoms with Gasteiger partial charge in [-0.25, -0.2) is 4.98 Å². The SMILES string of the molecule is COc1ccc(C2(C(=O)N3CCC(n4c(C)cnc4-c4ccncc4)CC3)CC2)cc1. The highest BCUT2D eigenvalue weighted by Crippen LogP contribution is 2.50. The zero-order valence-electron chi connectivity index (χ0n) is 18.1. The van der Waals surface area contributed by atoms with Crippen LogP contribution in [0.3, 0.4) is 0 Å². The molecule has 31 heavy (non-hydrogen) atoms. The van der Waals surface area contributed by atoms with Crippen molar-refractivity contribution in [3.05, 3.63) is 66.2 Å². The molecule has 160 valence electrons. The number of aromatic nitrogens is 3. The molecule has 1 aromatic carbocycles. The molecule has 3 aromatic rings. The number of hydrogen-bond donors (Lipinski definition) is 0. The van der Waals surface area contributed by atoms with Gasteiger partial charge in [-0.2, -0.15) is 0 Å². The quantitative estimate of drug-likeness (QED) is 0.627. The molecular formula is C25H28N4O2. The largest absolute Gasteiger partial charge is 0.497 e. The van der Waals surface area contributed by atoms with Gasteiger partial charge in [-0.1, -0.05) is 12.1 Å². The molecule has 5 rings (SSSR count). The van der Waals surface area contributed by atoms with E-state index in [1.807, 2.05) is 42.6 Å². The van der Waals surface area contributed by atoms with Gasteiger partial charge in [0, 0.05) is 49.0 Å². The number of imidazole rings is 1. The number of amides is 1. The van der Waals surface area contributed by atoms with Crippen LogP contribution in [0.2, 0.25) is 0 Å². The Morgan fingerprint density at radius 2 is 1.74 bits per heavy atom. The monoisotopic (exact) mass is 416 g/mol. The van der Waals surface area contributed by atoms with Gasteiger partial charge >= 0.3 is 0 Å². The zero-order chi connectivity index (χ0) is 21.4. The number of carbonyl (C=O) groups is 1. The molecular weight excluding hydrogens is 388 g/mol. The molecule has 0 radical (unpaired) electrons. The molecule has 2 aliphatic rings. The van der Waals surface area contributed by atoms with Crippen LogP contribution in [0.5, 0.6) is 5.75 Å². The number of piperidine rings is 1. The van der Waals surface area contributed by atoms with E-state index in [0.717, 1.165) is 67.2 Å². The minimum Gasteiger partial charge on any atom is -0.497 e. The van der Waals surface area contributed by atoms with E-state index in [1.54, 1.807) is 19.5 Å². The maximum absolute atomic E-state index is 13.5. The van der Waals surface area contributed by atoms with Gasteiger partial charge in [-0.05, 0) is 62.4 Å². The van der Waals surface area contributed by atoms with Gasteiger partial charge in [0.05, 0.1) is 12.5 Å². The van der Waals surface area contributed by atoms with E-state index in [-0.39, 0.29) is 11.3 Å².